The van der Waals surface area contributed by atoms with E-state index in [1.807, 2.05) is 30.3 Å². The predicted octanol–water partition coefficient (Wildman–Crippen LogP) is -0.242. The van der Waals surface area contributed by atoms with E-state index in [-0.39, 0.29) is 25.3 Å². The second-order valence-corrected chi connectivity index (χ2v) is 6.68. The first-order valence-corrected chi connectivity index (χ1v) is 7.94. The zero-order valence-corrected chi connectivity index (χ0v) is 12.4. The fourth-order valence-corrected chi connectivity index (χ4v) is 3.08. The first-order chi connectivity index (χ1) is 9.88. The van der Waals surface area contributed by atoms with E-state index in [4.69, 9.17) is 0 Å². The standard InChI is InChI=1S/C13H17N3O4S/c1-16(9-10-5-3-2-4-6-10)21(19,20)15-11-7-8-12(17)14-13(11)18/h2-6,11,15H,7-9H2,1H3,(H,14,17,18)/t11-/m0/s1. The van der Waals surface area contributed by atoms with Crippen LogP contribution in [0.4, 0.5) is 0 Å². The molecule has 114 valence electrons. The predicted molar refractivity (Wildman–Crippen MR) is 76.1 cm³/mol. The van der Waals surface area contributed by atoms with Crippen LogP contribution in [0.3, 0.4) is 0 Å². The van der Waals surface area contributed by atoms with Crippen LogP contribution < -0.4 is 10.0 Å². The Bertz CT molecular complexity index is 630. The first kappa shape index (κ1) is 15.6. The number of carbonyl (C=O) groups excluding carboxylic acids is 2. The highest BCUT2D eigenvalue weighted by atomic mass is 32.2. The summed E-state index contributed by atoms with van der Waals surface area (Å²) in [6.07, 6.45) is 0.296. The van der Waals surface area contributed by atoms with Gasteiger partial charge in [-0.2, -0.15) is 17.4 Å². The number of carbonyl (C=O) groups is 2. The molecule has 2 N–H and O–H groups in total. The smallest absolute Gasteiger partial charge is 0.280 e. The number of nitrogens with zero attached hydrogens (tertiary/aromatic N) is 1. The van der Waals surface area contributed by atoms with E-state index < -0.39 is 22.2 Å². The summed E-state index contributed by atoms with van der Waals surface area (Å²) in [5.41, 5.74) is 0.841. The molecule has 2 amide bonds. The van der Waals surface area contributed by atoms with Crippen molar-refractivity contribution in [3.05, 3.63) is 35.9 Å². The maximum atomic E-state index is 12.2. The molecular formula is C13H17N3O4S. The summed E-state index contributed by atoms with van der Waals surface area (Å²) in [6.45, 7) is 0.198. The summed E-state index contributed by atoms with van der Waals surface area (Å²) in [7, 11) is -2.37. The molecule has 1 atom stereocenters. The third-order valence-corrected chi connectivity index (χ3v) is 4.72. The van der Waals surface area contributed by atoms with E-state index in [0.29, 0.717) is 0 Å². The monoisotopic (exact) mass is 311 g/mol. The van der Waals surface area contributed by atoms with Crippen LogP contribution in [0.2, 0.25) is 0 Å². The highest BCUT2D eigenvalue weighted by Crippen LogP contribution is 2.10. The molecule has 0 aliphatic carbocycles. The number of rotatable bonds is 5. The minimum atomic E-state index is -3.80. The van der Waals surface area contributed by atoms with Crippen LogP contribution in [0.15, 0.2) is 30.3 Å². The molecule has 0 bridgehead atoms. The summed E-state index contributed by atoms with van der Waals surface area (Å²) < 4.78 is 27.8. The lowest BCUT2D eigenvalue weighted by atomic mass is 10.1. The topological polar surface area (TPSA) is 95.6 Å². The fourth-order valence-electron chi connectivity index (χ4n) is 2.00. The lowest BCUT2D eigenvalue weighted by Gasteiger charge is -2.25. The molecule has 2 rings (SSSR count). The maximum Gasteiger partial charge on any atom is 0.280 e. The summed E-state index contributed by atoms with van der Waals surface area (Å²) >= 11 is 0. The average molecular weight is 311 g/mol. The van der Waals surface area contributed by atoms with Gasteiger partial charge in [0.15, 0.2) is 0 Å². The molecule has 1 aromatic carbocycles. The maximum absolute atomic E-state index is 12.2. The molecule has 1 aliphatic heterocycles. The van der Waals surface area contributed by atoms with E-state index in [1.165, 1.54) is 7.05 Å². The quantitative estimate of drug-likeness (QED) is 0.734. The van der Waals surface area contributed by atoms with Gasteiger partial charge in [0, 0.05) is 20.0 Å². The number of hydrogen-bond acceptors (Lipinski definition) is 4. The van der Waals surface area contributed by atoms with Crippen molar-refractivity contribution < 1.29 is 18.0 Å². The van der Waals surface area contributed by atoms with Gasteiger partial charge in [-0.15, -0.1) is 0 Å². The van der Waals surface area contributed by atoms with Crippen molar-refractivity contribution in [3.63, 3.8) is 0 Å². The average Bonchev–Trinajstić information content (AvgIpc) is 2.43. The van der Waals surface area contributed by atoms with Gasteiger partial charge in [-0.3, -0.25) is 14.9 Å². The first-order valence-electron chi connectivity index (χ1n) is 6.50. The third kappa shape index (κ3) is 4.10. The van der Waals surface area contributed by atoms with Gasteiger partial charge in [-0.1, -0.05) is 30.3 Å². The van der Waals surface area contributed by atoms with Gasteiger partial charge < -0.3 is 0 Å². The van der Waals surface area contributed by atoms with Gasteiger partial charge >= 0.3 is 0 Å². The number of hydrogen-bond donors (Lipinski definition) is 2. The Hall–Kier alpha value is -1.77. The van der Waals surface area contributed by atoms with Crippen LogP contribution in [0, 0.1) is 0 Å². The Labute approximate surface area is 123 Å². The zero-order valence-electron chi connectivity index (χ0n) is 11.6. The largest absolute Gasteiger partial charge is 0.295 e. The Morgan fingerprint density at radius 1 is 1.29 bits per heavy atom. The summed E-state index contributed by atoms with van der Waals surface area (Å²) in [5.74, 6) is -0.990. The van der Waals surface area contributed by atoms with E-state index >= 15 is 0 Å². The molecule has 1 aliphatic rings. The molecule has 1 aromatic rings. The van der Waals surface area contributed by atoms with Gasteiger partial charge in [0.1, 0.15) is 6.04 Å². The second kappa shape index (κ2) is 6.33. The second-order valence-electron chi connectivity index (χ2n) is 4.87. The molecule has 21 heavy (non-hydrogen) atoms. The lowest BCUT2D eigenvalue weighted by Crippen LogP contribution is -2.54. The SMILES string of the molecule is CN(Cc1ccccc1)S(=O)(=O)N[C@H]1CCC(=O)NC1=O. The van der Waals surface area contributed by atoms with Crippen LogP contribution in [0.5, 0.6) is 0 Å². The number of benzene rings is 1. The van der Waals surface area contributed by atoms with Crippen molar-refractivity contribution in [1.29, 1.82) is 0 Å². The molecule has 1 saturated heterocycles. The van der Waals surface area contributed by atoms with E-state index in [2.05, 4.69) is 10.0 Å². The highest BCUT2D eigenvalue weighted by molar-refractivity contribution is 7.87. The Morgan fingerprint density at radius 3 is 2.57 bits per heavy atom. The minimum absolute atomic E-state index is 0.126. The third-order valence-electron chi connectivity index (χ3n) is 3.19. The normalized spacial score (nSPS) is 19.6. The highest BCUT2D eigenvalue weighted by Gasteiger charge is 2.31. The van der Waals surface area contributed by atoms with Crippen molar-refractivity contribution in [2.45, 2.75) is 25.4 Å². The Balaban J connectivity index is 2.01. The molecule has 0 radical (unpaired) electrons. The molecule has 0 aromatic heterocycles. The van der Waals surface area contributed by atoms with E-state index in [0.717, 1.165) is 9.87 Å². The number of piperidine rings is 1. The molecule has 1 fully saturated rings. The molecule has 1 heterocycles. The lowest BCUT2D eigenvalue weighted by molar-refractivity contribution is -0.134. The summed E-state index contributed by atoms with van der Waals surface area (Å²) in [6, 6.07) is 8.22. The fraction of sp³-hybridized carbons (Fsp3) is 0.385. The van der Waals surface area contributed by atoms with Crippen molar-refractivity contribution in [2.75, 3.05) is 7.05 Å². The van der Waals surface area contributed by atoms with Crippen LogP contribution in [-0.4, -0.2) is 37.6 Å². The van der Waals surface area contributed by atoms with Crippen molar-refractivity contribution in [3.8, 4) is 0 Å². The van der Waals surface area contributed by atoms with Crippen LogP contribution in [0.25, 0.3) is 0 Å². The molecular weight excluding hydrogens is 294 g/mol. The van der Waals surface area contributed by atoms with Gasteiger partial charge in [-0.25, -0.2) is 0 Å². The van der Waals surface area contributed by atoms with Crippen LogP contribution in [-0.2, 0) is 26.3 Å². The van der Waals surface area contributed by atoms with Crippen LogP contribution in [0.1, 0.15) is 18.4 Å². The van der Waals surface area contributed by atoms with Gasteiger partial charge in [0.05, 0.1) is 0 Å². The molecule has 0 spiro atoms. The van der Waals surface area contributed by atoms with Crippen LogP contribution >= 0.6 is 0 Å². The van der Waals surface area contributed by atoms with E-state index in [9.17, 15) is 18.0 Å². The molecule has 7 nitrogen and oxygen atoms in total. The van der Waals surface area contributed by atoms with Crippen molar-refractivity contribution >= 4 is 22.0 Å². The summed E-state index contributed by atoms with van der Waals surface area (Å²) in [5, 5.41) is 2.12. The molecule has 0 saturated carbocycles. The Morgan fingerprint density at radius 2 is 1.95 bits per heavy atom. The van der Waals surface area contributed by atoms with Gasteiger partial charge in [-0.05, 0) is 12.0 Å². The van der Waals surface area contributed by atoms with Gasteiger partial charge in [0.25, 0.3) is 10.2 Å². The molecule has 0 unspecified atom stereocenters. The Kier molecular flexibility index (Phi) is 4.71. The van der Waals surface area contributed by atoms with Crippen molar-refractivity contribution in [1.82, 2.24) is 14.3 Å². The molecule has 8 heteroatoms. The van der Waals surface area contributed by atoms with Crippen molar-refractivity contribution in [2.24, 2.45) is 0 Å². The van der Waals surface area contributed by atoms with E-state index in [1.54, 1.807) is 0 Å². The summed E-state index contributed by atoms with van der Waals surface area (Å²) in [4.78, 5) is 22.6. The van der Waals surface area contributed by atoms with Gasteiger partial charge in [0.2, 0.25) is 11.8 Å². The zero-order chi connectivity index (χ0) is 15.5. The number of amides is 2. The minimum Gasteiger partial charge on any atom is -0.295 e. The number of imide groups is 1. The number of nitrogens with one attached hydrogen (secondary N) is 2.